The van der Waals surface area contributed by atoms with Gasteiger partial charge in [0.1, 0.15) is 0 Å². The first-order valence-corrected chi connectivity index (χ1v) is 9.25. The number of benzene rings is 1. The van der Waals surface area contributed by atoms with Gasteiger partial charge in [0, 0.05) is 6.54 Å². The molecule has 1 aliphatic carbocycles. The average Bonchev–Trinajstić information content (AvgIpc) is 3.14. The Labute approximate surface area is 126 Å². The summed E-state index contributed by atoms with van der Waals surface area (Å²) in [4.78, 5) is 0. The molecule has 3 rings (SSSR count). The van der Waals surface area contributed by atoms with E-state index in [1.165, 1.54) is 30.0 Å². The Morgan fingerprint density at radius 3 is 2.76 bits per heavy atom. The Morgan fingerprint density at radius 2 is 2.05 bits per heavy atom. The van der Waals surface area contributed by atoms with Crippen molar-refractivity contribution >= 4 is 15.7 Å². The van der Waals surface area contributed by atoms with E-state index in [4.69, 9.17) is 5.26 Å². The Morgan fingerprint density at radius 1 is 1.29 bits per heavy atom. The normalized spacial score (nSPS) is 18.7. The number of sulfonamides is 1. The maximum Gasteiger partial charge on any atom is 0.235 e. The van der Waals surface area contributed by atoms with Crippen molar-refractivity contribution in [3.8, 4) is 6.07 Å². The molecule has 0 saturated heterocycles. The third-order valence-corrected chi connectivity index (χ3v) is 6.50. The van der Waals surface area contributed by atoms with E-state index in [1.54, 1.807) is 12.1 Å². The van der Waals surface area contributed by atoms with E-state index >= 15 is 0 Å². The molecule has 0 unspecified atom stereocenters. The van der Waals surface area contributed by atoms with Crippen LogP contribution in [0.1, 0.15) is 43.2 Å². The molecule has 1 fully saturated rings. The molecule has 21 heavy (non-hydrogen) atoms. The highest BCUT2D eigenvalue weighted by Crippen LogP contribution is 2.34. The first-order chi connectivity index (χ1) is 10.1. The van der Waals surface area contributed by atoms with E-state index in [-0.39, 0.29) is 5.75 Å². The molecule has 1 heterocycles. The Hall–Kier alpha value is -1.54. The Kier molecular flexibility index (Phi) is 3.90. The van der Waals surface area contributed by atoms with E-state index in [0.29, 0.717) is 30.1 Å². The molecule has 1 aliphatic heterocycles. The van der Waals surface area contributed by atoms with Crippen LogP contribution in [0.3, 0.4) is 0 Å². The summed E-state index contributed by atoms with van der Waals surface area (Å²) < 4.78 is 26.7. The van der Waals surface area contributed by atoms with Crippen molar-refractivity contribution in [3.05, 3.63) is 29.3 Å². The first kappa shape index (κ1) is 14.4. The maximum atomic E-state index is 12.6. The average molecular weight is 304 g/mol. The lowest BCUT2D eigenvalue weighted by Gasteiger charge is -2.20. The summed E-state index contributed by atoms with van der Waals surface area (Å²) in [7, 11) is -3.26. The minimum atomic E-state index is -3.26. The van der Waals surface area contributed by atoms with Gasteiger partial charge in [-0.3, -0.25) is 4.31 Å². The zero-order chi connectivity index (χ0) is 14.9. The molecule has 0 radical (unpaired) electrons. The van der Waals surface area contributed by atoms with Gasteiger partial charge in [-0.2, -0.15) is 5.26 Å². The van der Waals surface area contributed by atoms with Crippen LogP contribution >= 0.6 is 0 Å². The molecule has 0 N–H and O–H groups in total. The van der Waals surface area contributed by atoms with Crippen LogP contribution < -0.4 is 4.31 Å². The van der Waals surface area contributed by atoms with Crippen molar-refractivity contribution in [2.24, 2.45) is 5.92 Å². The predicted molar refractivity (Wildman–Crippen MR) is 82.6 cm³/mol. The van der Waals surface area contributed by atoms with Gasteiger partial charge >= 0.3 is 0 Å². The summed E-state index contributed by atoms with van der Waals surface area (Å²) in [6.45, 7) is 0.473. The maximum absolute atomic E-state index is 12.6. The van der Waals surface area contributed by atoms with Crippen LogP contribution in [0.25, 0.3) is 0 Å². The van der Waals surface area contributed by atoms with Gasteiger partial charge in [-0.05, 0) is 36.5 Å². The van der Waals surface area contributed by atoms with E-state index in [2.05, 4.69) is 6.07 Å². The van der Waals surface area contributed by atoms with Crippen LogP contribution in [-0.4, -0.2) is 20.7 Å². The second kappa shape index (κ2) is 5.69. The molecular formula is C16H20N2O2S. The highest BCUT2D eigenvalue weighted by Gasteiger charge is 2.31. The van der Waals surface area contributed by atoms with Gasteiger partial charge < -0.3 is 0 Å². The van der Waals surface area contributed by atoms with Crippen LogP contribution in [0.5, 0.6) is 0 Å². The van der Waals surface area contributed by atoms with Crippen LogP contribution in [-0.2, 0) is 16.4 Å². The molecular weight excluding hydrogens is 284 g/mol. The number of rotatable bonds is 4. The number of nitrogens with zero attached hydrogens (tertiary/aromatic N) is 2. The lowest BCUT2D eigenvalue weighted by atomic mass is 10.1. The summed E-state index contributed by atoms with van der Waals surface area (Å²) in [5.74, 6) is 0.806. The summed E-state index contributed by atoms with van der Waals surface area (Å²) in [6.07, 6.45) is 6.23. The molecule has 1 aromatic carbocycles. The summed E-state index contributed by atoms with van der Waals surface area (Å²) in [6, 6.07) is 7.49. The van der Waals surface area contributed by atoms with Crippen molar-refractivity contribution in [1.82, 2.24) is 0 Å². The third-order valence-electron chi connectivity index (χ3n) is 4.70. The summed E-state index contributed by atoms with van der Waals surface area (Å²) in [5, 5.41) is 9.12. The van der Waals surface area contributed by atoms with Crippen molar-refractivity contribution in [2.75, 3.05) is 16.6 Å². The molecule has 0 atom stereocenters. The minimum absolute atomic E-state index is 0.230. The monoisotopic (exact) mass is 304 g/mol. The minimum Gasteiger partial charge on any atom is -0.270 e. The van der Waals surface area contributed by atoms with E-state index in [1.807, 2.05) is 6.07 Å². The fourth-order valence-corrected chi connectivity index (χ4v) is 5.22. The van der Waals surface area contributed by atoms with Gasteiger partial charge in [0.2, 0.25) is 10.0 Å². The van der Waals surface area contributed by atoms with Gasteiger partial charge in [-0.15, -0.1) is 0 Å². The smallest absolute Gasteiger partial charge is 0.235 e. The van der Waals surface area contributed by atoms with E-state index in [9.17, 15) is 8.42 Å². The zero-order valence-electron chi connectivity index (χ0n) is 12.1. The molecule has 1 saturated carbocycles. The van der Waals surface area contributed by atoms with Crippen LogP contribution in [0.4, 0.5) is 5.69 Å². The standard InChI is InChI=1S/C16H20N2O2S/c17-12-14-6-3-7-16-15(14)8-10-18(16)21(19,20)11-9-13-4-1-2-5-13/h3,6-7,13H,1-2,4-5,8-11H2. The highest BCUT2D eigenvalue weighted by atomic mass is 32.2. The SMILES string of the molecule is N#Cc1cccc2c1CCN2S(=O)(=O)CCC1CCCC1. The van der Waals surface area contributed by atoms with E-state index < -0.39 is 10.0 Å². The molecule has 0 aromatic heterocycles. The lowest BCUT2D eigenvalue weighted by Crippen LogP contribution is -2.31. The lowest BCUT2D eigenvalue weighted by molar-refractivity contribution is 0.520. The van der Waals surface area contributed by atoms with Gasteiger partial charge in [-0.25, -0.2) is 8.42 Å². The van der Waals surface area contributed by atoms with Crippen LogP contribution in [0, 0.1) is 17.2 Å². The van der Waals surface area contributed by atoms with Gasteiger partial charge in [0.15, 0.2) is 0 Å². The molecule has 0 spiro atoms. The molecule has 4 nitrogen and oxygen atoms in total. The zero-order valence-corrected chi connectivity index (χ0v) is 12.9. The van der Waals surface area contributed by atoms with Gasteiger partial charge in [-0.1, -0.05) is 31.7 Å². The van der Waals surface area contributed by atoms with E-state index in [0.717, 1.165) is 12.0 Å². The number of hydrogen-bond acceptors (Lipinski definition) is 3. The molecule has 5 heteroatoms. The first-order valence-electron chi connectivity index (χ1n) is 7.64. The fraction of sp³-hybridized carbons (Fsp3) is 0.562. The number of hydrogen-bond donors (Lipinski definition) is 0. The van der Waals surface area contributed by atoms with Crippen LogP contribution in [0.2, 0.25) is 0 Å². The number of fused-ring (bicyclic) bond motifs is 1. The highest BCUT2D eigenvalue weighted by molar-refractivity contribution is 7.92. The summed E-state index contributed by atoms with van der Waals surface area (Å²) in [5.41, 5.74) is 2.19. The van der Waals surface area contributed by atoms with Gasteiger partial charge in [0.05, 0.1) is 23.1 Å². The molecule has 1 aromatic rings. The number of nitriles is 1. The fourth-order valence-electron chi connectivity index (χ4n) is 3.52. The van der Waals surface area contributed by atoms with Crippen LogP contribution in [0.15, 0.2) is 18.2 Å². The van der Waals surface area contributed by atoms with Crippen molar-refractivity contribution in [2.45, 2.75) is 38.5 Å². The second-order valence-electron chi connectivity index (χ2n) is 5.99. The van der Waals surface area contributed by atoms with Crippen molar-refractivity contribution < 1.29 is 8.42 Å². The Bertz CT molecular complexity index is 670. The van der Waals surface area contributed by atoms with Gasteiger partial charge in [0.25, 0.3) is 0 Å². The molecule has 0 bridgehead atoms. The number of anilines is 1. The Balaban J connectivity index is 1.78. The quantitative estimate of drug-likeness (QED) is 0.859. The van der Waals surface area contributed by atoms with Crippen molar-refractivity contribution in [1.29, 1.82) is 5.26 Å². The topological polar surface area (TPSA) is 61.2 Å². The predicted octanol–water partition coefficient (Wildman–Crippen LogP) is 2.83. The van der Waals surface area contributed by atoms with Crippen molar-refractivity contribution in [3.63, 3.8) is 0 Å². The third kappa shape index (κ3) is 2.77. The molecule has 112 valence electrons. The molecule has 0 amide bonds. The summed E-state index contributed by atoms with van der Waals surface area (Å²) >= 11 is 0. The second-order valence-corrected chi connectivity index (χ2v) is 8.01. The molecule has 2 aliphatic rings. The largest absolute Gasteiger partial charge is 0.270 e.